The first-order valence-corrected chi connectivity index (χ1v) is 15.2. The number of thioether (sulfide) groups is 1. The molecule has 4 heterocycles. The Bertz CT molecular complexity index is 1400. The van der Waals surface area contributed by atoms with Crippen LogP contribution >= 0.6 is 11.8 Å². The fraction of sp³-hybridized carbons (Fsp3) is 0.577. The smallest absolute Gasteiger partial charge is 0.333 e. The van der Waals surface area contributed by atoms with Crippen molar-refractivity contribution in [1.82, 2.24) is 9.80 Å². The van der Waals surface area contributed by atoms with Crippen molar-refractivity contribution in [3.63, 3.8) is 0 Å². The normalized spacial score (nSPS) is 31.4. The monoisotopic (exact) mass is 593 g/mol. The Morgan fingerprint density at radius 1 is 1.02 bits per heavy atom. The molecule has 4 aliphatic rings. The van der Waals surface area contributed by atoms with Gasteiger partial charge in [0.15, 0.2) is 15.6 Å². The van der Waals surface area contributed by atoms with Crippen LogP contribution in [0.3, 0.4) is 0 Å². The van der Waals surface area contributed by atoms with E-state index in [1.807, 2.05) is 6.07 Å². The summed E-state index contributed by atoms with van der Waals surface area (Å²) in [5.74, 6) is -3.54. The van der Waals surface area contributed by atoms with E-state index in [-0.39, 0.29) is 24.5 Å². The predicted octanol–water partition coefficient (Wildman–Crippen LogP) is 0.502. The van der Waals surface area contributed by atoms with E-state index in [4.69, 9.17) is 15.2 Å². The second-order valence-corrected chi connectivity index (χ2v) is 15.9. The molecule has 2 N–H and O–H groups in total. The van der Waals surface area contributed by atoms with E-state index in [2.05, 4.69) is 0 Å². The fourth-order valence-corrected chi connectivity index (χ4v) is 9.76. The number of carbonyl (C=O) groups is 5. The molecule has 4 saturated heterocycles. The average Bonchev–Trinajstić information content (AvgIpc) is 3.22. The SMILES string of the molecule is CC1(C)S[C@@H]2C(CC(=O)C(N)c3ccccc3)C(=O)N2C1C(=O)OCOC(=O)[C@@H]1N2C(=O)C[C@H]2S(=O)(=O)C1(C)C. The number of sulfone groups is 1. The number of rotatable bonds is 8. The van der Waals surface area contributed by atoms with Gasteiger partial charge in [-0.05, 0) is 33.3 Å². The number of amides is 2. The van der Waals surface area contributed by atoms with Gasteiger partial charge >= 0.3 is 11.9 Å². The molecule has 6 atom stereocenters. The minimum absolute atomic E-state index is 0.0607. The van der Waals surface area contributed by atoms with Crippen molar-refractivity contribution in [3.8, 4) is 0 Å². The molecule has 14 heteroatoms. The van der Waals surface area contributed by atoms with E-state index in [9.17, 15) is 32.4 Å². The Morgan fingerprint density at radius 2 is 1.62 bits per heavy atom. The maximum Gasteiger partial charge on any atom is 0.333 e. The van der Waals surface area contributed by atoms with Crippen LogP contribution < -0.4 is 5.73 Å². The average molecular weight is 594 g/mol. The van der Waals surface area contributed by atoms with E-state index in [1.165, 1.54) is 30.5 Å². The largest absolute Gasteiger partial charge is 0.426 e. The maximum absolute atomic E-state index is 13.1. The van der Waals surface area contributed by atoms with Crippen molar-refractivity contribution >= 4 is 51.1 Å². The van der Waals surface area contributed by atoms with Gasteiger partial charge in [0, 0.05) is 11.2 Å². The molecule has 0 bridgehead atoms. The molecule has 1 aromatic rings. The Balaban J connectivity index is 1.19. The van der Waals surface area contributed by atoms with E-state index in [0.717, 1.165) is 4.90 Å². The third kappa shape index (κ3) is 4.14. The Kier molecular flexibility index (Phi) is 6.82. The Labute approximate surface area is 235 Å². The standard InChI is InChI=1S/C26H31N3O9S2/c1-25(2)19(29-21(32)14(22(29)39-25)10-15(30)18(27)13-8-6-5-7-9-13)23(33)37-12-38-24(34)20-26(3,4)40(35,36)17-11-16(31)28(17)20/h5-9,14,17-20,22H,10-12,27H2,1-4H3/t14?,17-,18?,19?,20+,22-/m1/s1. The molecule has 1 aromatic carbocycles. The molecule has 12 nitrogen and oxygen atoms in total. The van der Waals surface area contributed by atoms with Crippen LogP contribution in [0.25, 0.3) is 0 Å². The fourth-order valence-electron chi connectivity index (χ4n) is 5.96. The third-order valence-electron chi connectivity index (χ3n) is 8.30. The van der Waals surface area contributed by atoms with Crippen LogP contribution in [0.5, 0.6) is 0 Å². The van der Waals surface area contributed by atoms with Crippen LogP contribution in [0.2, 0.25) is 0 Å². The highest BCUT2D eigenvalue weighted by molar-refractivity contribution is 8.01. The molecule has 5 rings (SSSR count). The van der Waals surface area contributed by atoms with Crippen molar-refractivity contribution in [1.29, 1.82) is 0 Å². The Morgan fingerprint density at radius 3 is 2.23 bits per heavy atom. The summed E-state index contributed by atoms with van der Waals surface area (Å²) in [4.78, 5) is 66.2. The number of hydrogen-bond donors (Lipinski definition) is 1. The second-order valence-electron chi connectivity index (χ2n) is 11.5. The molecule has 216 valence electrons. The molecule has 0 spiro atoms. The first-order chi connectivity index (χ1) is 18.6. The van der Waals surface area contributed by atoms with Gasteiger partial charge in [0.25, 0.3) is 0 Å². The molecule has 0 aliphatic carbocycles. The number of esters is 2. The van der Waals surface area contributed by atoms with Crippen LogP contribution in [0.4, 0.5) is 0 Å². The summed E-state index contributed by atoms with van der Waals surface area (Å²) >= 11 is 1.38. The summed E-state index contributed by atoms with van der Waals surface area (Å²) in [6, 6.07) is 5.65. The molecule has 0 radical (unpaired) electrons. The highest BCUT2D eigenvalue weighted by atomic mass is 32.2. The number of nitrogens with zero attached hydrogens (tertiary/aromatic N) is 2. The zero-order valence-corrected chi connectivity index (χ0v) is 24.1. The van der Waals surface area contributed by atoms with Crippen LogP contribution in [0.1, 0.15) is 52.1 Å². The second kappa shape index (κ2) is 9.55. The van der Waals surface area contributed by atoms with Crippen LogP contribution in [0, 0.1) is 5.92 Å². The quantitative estimate of drug-likeness (QED) is 0.253. The van der Waals surface area contributed by atoms with E-state index in [0.29, 0.717) is 5.56 Å². The van der Waals surface area contributed by atoms with E-state index in [1.54, 1.807) is 38.1 Å². The molecular formula is C26H31N3O9S2. The van der Waals surface area contributed by atoms with Gasteiger partial charge in [-0.25, -0.2) is 18.0 Å². The lowest BCUT2D eigenvalue weighted by Crippen LogP contribution is -2.63. The number of ether oxygens (including phenoxy) is 2. The lowest BCUT2D eigenvalue weighted by atomic mass is 9.86. The minimum Gasteiger partial charge on any atom is -0.426 e. The molecule has 4 aliphatic heterocycles. The molecular weight excluding hydrogens is 562 g/mol. The van der Waals surface area contributed by atoms with E-state index >= 15 is 0 Å². The third-order valence-corrected chi connectivity index (χ3v) is 12.7. The maximum atomic E-state index is 13.1. The number of β-lactam (4-membered cyclic amide) rings is 2. The topological polar surface area (TPSA) is 170 Å². The first kappa shape index (κ1) is 28.6. The molecule has 2 amide bonds. The summed E-state index contributed by atoms with van der Waals surface area (Å²) < 4.78 is 33.4. The van der Waals surface area contributed by atoms with Crippen LogP contribution in [-0.2, 0) is 43.3 Å². The van der Waals surface area contributed by atoms with Gasteiger partial charge in [0.2, 0.25) is 18.6 Å². The number of Topliss-reactive ketones (excluding diaryl/α,β-unsaturated/α-hetero) is 1. The Hall–Kier alpha value is -2.97. The van der Waals surface area contributed by atoms with Crippen molar-refractivity contribution in [2.45, 2.75) is 78.9 Å². The van der Waals surface area contributed by atoms with Gasteiger partial charge in [-0.3, -0.25) is 14.4 Å². The summed E-state index contributed by atoms with van der Waals surface area (Å²) in [6.07, 6.45) is -0.246. The highest BCUT2D eigenvalue weighted by Crippen LogP contribution is 2.54. The van der Waals surface area contributed by atoms with E-state index < -0.39 is 78.8 Å². The van der Waals surface area contributed by atoms with Crippen molar-refractivity contribution < 1.29 is 41.9 Å². The van der Waals surface area contributed by atoms with Gasteiger partial charge < -0.3 is 25.0 Å². The minimum atomic E-state index is -3.79. The summed E-state index contributed by atoms with van der Waals surface area (Å²) in [5, 5.41) is -1.49. The number of nitrogens with two attached hydrogens (primary N) is 1. The summed E-state index contributed by atoms with van der Waals surface area (Å²) in [5.41, 5.74) is 6.76. The number of benzene rings is 1. The zero-order chi connectivity index (χ0) is 29.4. The van der Waals surface area contributed by atoms with Gasteiger partial charge in [-0.1, -0.05) is 30.3 Å². The lowest BCUT2D eigenvalue weighted by Gasteiger charge is -2.44. The van der Waals surface area contributed by atoms with Crippen LogP contribution in [0.15, 0.2) is 30.3 Å². The number of fused-ring (bicyclic) bond motifs is 2. The van der Waals surface area contributed by atoms with Crippen molar-refractivity contribution in [2.24, 2.45) is 11.7 Å². The number of carbonyl (C=O) groups excluding carboxylic acids is 5. The van der Waals surface area contributed by atoms with Crippen LogP contribution in [-0.4, -0.2) is 86.9 Å². The predicted molar refractivity (Wildman–Crippen MR) is 142 cm³/mol. The summed E-state index contributed by atoms with van der Waals surface area (Å²) in [7, 11) is -3.79. The first-order valence-electron chi connectivity index (χ1n) is 12.8. The van der Waals surface area contributed by atoms with Crippen molar-refractivity contribution in [3.05, 3.63) is 35.9 Å². The molecule has 40 heavy (non-hydrogen) atoms. The van der Waals surface area contributed by atoms with Gasteiger partial charge in [0.05, 0.1) is 28.5 Å². The van der Waals surface area contributed by atoms with Crippen molar-refractivity contribution in [2.75, 3.05) is 6.79 Å². The molecule has 0 aromatic heterocycles. The van der Waals surface area contributed by atoms with Gasteiger partial charge in [-0.2, -0.15) is 0 Å². The molecule has 0 saturated carbocycles. The molecule has 3 unspecified atom stereocenters. The zero-order valence-electron chi connectivity index (χ0n) is 22.4. The number of hydrogen-bond acceptors (Lipinski definition) is 11. The van der Waals surface area contributed by atoms with Gasteiger partial charge in [-0.15, -0.1) is 11.8 Å². The summed E-state index contributed by atoms with van der Waals surface area (Å²) in [6.45, 7) is 5.45. The molecule has 4 fully saturated rings. The van der Waals surface area contributed by atoms with Gasteiger partial charge in [0.1, 0.15) is 17.5 Å². The highest BCUT2D eigenvalue weighted by Gasteiger charge is 2.68. The lowest BCUT2D eigenvalue weighted by molar-refractivity contribution is -0.182. The number of ketones is 1.